The van der Waals surface area contributed by atoms with E-state index >= 15 is 0 Å². The van der Waals surface area contributed by atoms with Crippen molar-refractivity contribution in [3.8, 4) is 6.07 Å². The van der Waals surface area contributed by atoms with Gasteiger partial charge in [-0.1, -0.05) is 0 Å². The minimum atomic E-state index is -0.654. The molecule has 0 spiro atoms. The van der Waals surface area contributed by atoms with E-state index in [-0.39, 0.29) is 11.6 Å². The van der Waals surface area contributed by atoms with Crippen LogP contribution < -0.4 is 4.90 Å². The number of aromatic nitrogens is 2. The van der Waals surface area contributed by atoms with Crippen LogP contribution in [-0.4, -0.2) is 58.2 Å². The quantitative estimate of drug-likeness (QED) is 0.854. The smallest absolute Gasteiger partial charge is 0.222 e. The number of aliphatic hydroxyl groups is 1. The second-order valence-corrected chi connectivity index (χ2v) is 5.93. The third-order valence-corrected chi connectivity index (χ3v) is 4.10. The highest BCUT2D eigenvalue weighted by atomic mass is 16.3. The Morgan fingerprint density at radius 2 is 2.09 bits per heavy atom. The third-order valence-electron chi connectivity index (χ3n) is 4.10. The first-order chi connectivity index (χ1) is 10.7. The molecule has 1 saturated heterocycles. The topological polar surface area (TPSA) is 93.4 Å². The zero-order valence-corrected chi connectivity index (χ0v) is 12.4. The fraction of sp³-hybridized carbons (Fsp3) is 0.600. The van der Waals surface area contributed by atoms with Crippen LogP contribution in [0.5, 0.6) is 0 Å². The van der Waals surface area contributed by atoms with Crippen LogP contribution in [0.25, 0.3) is 0 Å². The minimum Gasteiger partial charge on any atom is -0.389 e. The van der Waals surface area contributed by atoms with Crippen LogP contribution in [0.15, 0.2) is 12.4 Å². The molecule has 1 aliphatic carbocycles. The van der Waals surface area contributed by atoms with Crippen LogP contribution in [0.3, 0.4) is 0 Å². The maximum atomic E-state index is 12.2. The van der Waals surface area contributed by atoms with Crippen molar-refractivity contribution in [3.05, 3.63) is 18.1 Å². The summed E-state index contributed by atoms with van der Waals surface area (Å²) >= 11 is 0. The molecular weight excluding hydrogens is 282 g/mol. The number of anilines is 1. The van der Waals surface area contributed by atoms with Crippen LogP contribution in [0.4, 0.5) is 5.82 Å². The number of amides is 1. The molecule has 1 aromatic heterocycles. The van der Waals surface area contributed by atoms with E-state index < -0.39 is 6.10 Å². The van der Waals surface area contributed by atoms with Crippen molar-refractivity contribution in [2.45, 2.75) is 25.4 Å². The summed E-state index contributed by atoms with van der Waals surface area (Å²) in [4.78, 5) is 24.0. The molecule has 0 unspecified atom stereocenters. The van der Waals surface area contributed by atoms with Gasteiger partial charge in [0.05, 0.1) is 6.10 Å². The van der Waals surface area contributed by atoms with Gasteiger partial charge in [0, 0.05) is 45.0 Å². The highest BCUT2D eigenvalue weighted by Gasteiger charge is 2.30. The number of nitrogens with zero attached hydrogens (tertiary/aromatic N) is 5. The van der Waals surface area contributed by atoms with Gasteiger partial charge in [-0.05, 0) is 18.8 Å². The number of rotatable bonds is 3. The van der Waals surface area contributed by atoms with Gasteiger partial charge in [-0.15, -0.1) is 0 Å². The molecule has 0 bridgehead atoms. The monoisotopic (exact) mass is 301 g/mol. The Hall–Kier alpha value is -2.20. The third kappa shape index (κ3) is 3.34. The molecule has 2 heterocycles. The van der Waals surface area contributed by atoms with Crippen molar-refractivity contribution in [1.29, 1.82) is 5.26 Å². The van der Waals surface area contributed by atoms with Gasteiger partial charge in [-0.3, -0.25) is 4.79 Å². The fourth-order valence-corrected chi connectivity index (χ4v) is 2.75. The SMILES string of the molecule is N#Cc1nccnc1N1CCN(C(=O)CC2CC2)C[C@H](O)C1. The molecule has 0 aromatic carbocycles. The zero-order valence-electron chi connectivity index (χ0n) is 12.4. The average Bonchev–Trinajstić information content (AvgIpc) is 3.34. The van der Waals surface area contributed by atoms with E-state index in [1.165, 1.54) is 12.4 Å². The van der Waals surface area contributed by atoms with E-state index in [0.29, 0.717) is 44.3 Å². The number of β-amino-alcohol motifs (C(OH)–C–C–N with tert-alkyl or cyclic N) is 1. The minimum absolute atomic E-state index is 0.114. The van der Waals surface area contributed by atoms with Gasteiger partial charge in [-0.25, -0.2) is 9.97 Å². The molecule has 2 fully saturated rings. The van der Waals surface area contributed by atoms with Gasteiger partial charge < -0.3 is 14.9 Å². The maximum absolute atomic E-state index is 12.2. The predicted octanol–water partition coefficient (Wildman–Crippen LogP) is 0.158. The summed E-state index contributed by atoms with van der Waals surface area (Å²) in [5, 5.41) is 19.3. The summed E-state index contributed by atoms with van der Waals surface area (Å²) in [5.41, 5.74) is 0.243. The average molecular weight is 301 g/mol. The molecule has 116 valence electrons. The lowest BCUT2D eigenvalue weighted by molar-refractivity contribution is -0.132. The number of nitriles is 1. The van der Waals surface area contributed by atoms with E-state index in [2.05, 4.69) is 9.97 Å². The molecule has 7 heteroatoms. The van der Waals surface area contributed by atoms with Gasteiger partial charge in [0.25, 0.3) is 0 Å². The van der Waals surface area contributed by atoms with Crippen LogP contribution in [0.2, 0.25) is 0 Å². The maximum Gasteiger partial charge on any atom is 0.222 e. The molecule has 22 heavy (non-hydrogen) atoms. The molecule has 1 amide bonds. The van der Waals surface area contributed by atoms with E-state index in [1.54, 1.807) is 4.90 Å². The summed E-state index contributed by atoms with van der Waals surface area (Å²) in [5.74, 6) is 1.12. The Morgan fingerprint density at radius 1 is 1.32 bits per heavy atom. The molecule has 0 radical (unpaired) electrons. The number of aliphatic hydroxyl groups excluding tert-OH is 1. The molecule has 1 N–H and O–H groups in total. The summed E-state index contributed by atoms with van der Waals surface area (Å²) < 4.78 is 0. The summed E-state index contributed by atoms with van der Waals surface area (Å²) in [6.45, 7) is 1.76. The van der Waals surface area contributed by atoms with Gasteiger partial charge >= 0.3 is 0 Å². The first-order valence-electron chi connectivity index (χ1n) is 7.59. The Kier molecular flexibility index (Phi) is 4.20. The van der Waals surface area contributed by atoms with E-state index in [0.717, 1.165) is 12.8 Å². The molecule has 1 saturated carbocycles. The van der Waals surface area contributed by atoms with Crippen LogP contribution in [-0.2, 0) is 4.79 Å². The molecule has 3 rings (SSSR count). The second kappa shape index (κ2) is 6.28. The number of hydrogen-bond acceptors (Lipinski definition) is 6. The summed E-state index contributed by atoms with van der Waals surface area (Å²) in [7, 11) is 0. The van der Waals surface area contributed by atoms with Gasteiger partial charge in [-0.2, -0.15) is 5.26 Å². The van der Waals surface area contributed by atoms with Gasteiger partial charge in [0.1, 0.15) is 6.07 Å². The van der Waals surface area contributed by atoms with E-state index in [9.17, 15) is 9.90 Å². The second-order valence-electron chi connectivity index (χ2n) is 5.93. The Labute approximate surface area is 129 Å². The Balaban J connectivity index is 1.71. The van der Waals surface area contributed by atoms with E-state index in [4.69, 9.17) is 5.26 Å². The standard InChI is InChI=1S/C15H19N5O2/c16-8-13-15(18-4-3-17-13)20-6-5-19(9-12(21)10-20)14(22)7-11-1-2-11/h3-4,11-12,21H,1-2,5-7,9-10H2/t12-/m0/s1. The first kappa shape index (κ1) is 14.7. The summed E-state index contributed by atoms with van der Waals surface area (Å²) in [6, 6.07) is 2.02. The highest BCUT2D eigenvalue weighted by Crippen LogP contribution is 2.33. The van der Waals surface area contributed by atoms with Crippen LogP contribution >= 0.6 is 0 Å². The first-order valence-corrected chi connectivity index (χ1v) is 7.59. The molecule has 1 aromatic rings. The molecule has 7 nitrogen and oxygen atoms in total. The van der Waals surface area contributed by atoms with Crippen LogP contribution in [0, 0.1) is 17.2 Å². The normalized spacial score (nSPS) is 22.1. The van der Waals surface area contributed by atoms with Gasteiger partial charge in [0.15, 0.2) is 11.5 Å². The fourth-order valence-electron chi connectivity index (χ4n) is 2.75. The highest BCUT2D eigenvalue weighted by molar-refractivity contribution is 5.77. The van der Waals surface area contributed by atoms with Crippen molar-refractivity contribution >= 4 is 11.7 Å². The van der Waals surface area contributed by atoms with Crippen molar-refractivity contribution in [1.82, 2.24) is 14.9 Å². The predicted molar refractivity (Wildman–Crippen MR) is 78.9 cm³/mol. The Bertz CT molecular complexity index is 596. The lowest BCUT2D eigenvalue weighted by atomic mass is 10.2. The van der Waals surface area contributed by atoms with E-state index in [1.807, 2.05) is 11.0 Å². The lowest BCUT2D eigenvalue weighted by Crippen LogP contribution is -2.37. The number of carbonyl (C=O) groups is 1. The molecule has 2 aliphatic rings. The lowest BCUT2D eigenvalue weighted by Gasteiger charge is -2.22. The number of carbonyl (C=O) groups excluding carboxylic acids is 1. The van der Waals surface area contributed by atoms with Gasteiger partial charge in [0.2, 0.25) is 5.91 Å². The molecule has 1 aliphatic heterocycles. The molecular formula is C15H19N5O2. The summed E-state index contributed by atoms with van der Waals surface area (Å²) in [6.07, 6.45) is 5.21. The van der Waals surface area contributed by atoms with Crippen LogP contribution in [0.1, 0.15) is 25.0 Å². The van der Waals surface area contributed by atoms with Crippen molar-refractivity contribution in [2.75, 3.05) is 31.1 Å². The molecule has 1 atom stereocenters. The van der Waals surface area contributed by atoms with Crippen molar-refractivity contribution < 1.29 is 9.90 Å². The Morgan fingerprint density at radius 3 is 2.82 bits per heavy atom. The number of hydrogen-bond donors (Lipinski definition) is 1. The van der Waals surface area contributed by atoms with Crippen molar-refractivity contribution in [3.63, 3.8) is 0 Å². The largest absolute Gasteiger partial charge is 0.389 e. The zero-order chi connectivity index (χ0) is 15.5. The van der Waals surface area contributed by atoms with Crippen molar-refractivity contribution in [2.24, 2.45) is 5.92 Å².